The maximum atomic E-state index is 12.8. The fraction of sp³-hybridized carbons (Fsp3) is 0.591. The number of benzene rings is 1. The third kappa shape index (κ3) is 3.41. The minimum absolute atomic E-state index is 0.142. The Labute approximate surface area is 170 Å². The first-order valence-electron chi connectivity index (χ1n) is 10.8. The number of imide groups is 1. The van der Waals surface area contributed by atoms with Gasteiger partial charge < -0.3 is 9.64 Å². The molecule has 1 aliphatic carbocycles. The molecule has 3 atom stereocenters. The molecule has 4 aliphatic rings. The fourth-order valence-corrected chi connectivity index (χ4v) is 5.33. The van der Waals surface area contributed by atoms with E-state index < -0.39 is 6.04 Å². The molecular formula is C22H27N3O4. The van der Waals surface area contributed by atoms with Crippen LogP contribution >= 0.6 is 0 Å². The monoisotopic (exact) mass is 397 g/mol. The highest BCUT2D eigenvalue weighted by atomic mass is 16.5. The lowest BCUT2D eigenvalue weighted by atomic mass is 10.0. The van der Waals surface area contributed by atoms with E-state index in [9.17, 15) is 14.4 Å². The van der Waals surface area contributed by atoms with Crippen LogP contribution in [-0.2, 0) is 16.1 Å². The van der Waals surface area contributed by atoms with Crippen LogP contribution in [0.15, 0.2) is 18.2 Å². The molecule has 2 unspecified atom stereocenters. The summed E-state index contributed by atoms with van der Waals surface area (Å²) in [5.74, 6) is 0.0168. The molecule has 29 heavy (non-hydrogen) atoms. The predicted octanol–water partition coefficient (Wildman–Crippen LogP) is 1.84. The van der Waals surface area contributed by atoms with Crippen LogP contribution in [0.5, 0.6) is 5.75 Å². The second-order valence-electron chi connectivity index (χ2n) is 8.62. The van der Waals surface area contributed by atoms with Crippen molar-refractivity contribution in [3.05, 3.63) is 29.3 Å². The fourth-order valence-electron chi connectivity index (χ4n) is 5.33. The van der Waals surface area contributed by atoms with E-state index >= 15 is 0 Å². The SMILES string of the molecule is O=C1CCC(N2Cc3cc(O[C@@H]4CCCC4N4CCCC4)ccc3C2=O)C(=O)N1. The van der Waals surface area contributed by atoms with Crippen LogP contribution in [0.3, 0.4) is 0 Å². The van der Waals surface area contributed by atoms with Crippen molar-refractivity contribution in [2.75, 3.05) is 13.1 Å². The van der Waals surface area contributed by atoms with Crippen molar-refractivity contribution in [2.45, 2.75) is 69.7 Å². The molecule has 2 saturated heterocycles. The van der Waals surface area contributed by atoms with Crippen LogP contribution in [0.25, 0.3) is 0 Å². The van der Waals surface area contributed by atoms with Gasteiger partial charge in [-0.25, -0.2) is 0 Å². The van der Waals surface area contributed by atoms with E-state index in [1.165, 1.54) is 38.8 Å². The molecule has 0 radical (unpaired) electrons. The largest absolute Gasteiger partial charge is 0.489 e. The van der Waals surface area contributed by atoms with Gasteiger partial charge in [0, 0.05) is 24.6 Å². The highest BCUT2D eigenvalue weighted by Crippen LogP contribution is 2.34. The molecule has 7 heteroatoms. The number of nitrogens with zero attached hydrogens (tertiary/aromatic N) is 2. The first-order valence-corrected chi connectivity index (χ1v) is 10.8. The van der Waals surface area contributed by atoms with Gasteiger partial charge in [-0.05, 0) is 75.4 Å². The molecule has 7 nitrogen and oxygen atoms in total. The Kier molecular flexibility index (Phi) is 4.78. The minimum atomic E-state index is -0.577. The Morgan fingerprint density at radius 1 is 1.00 bits per heavy atom. The third-order valence-electron chi connectivity index (χ3n) is 6.81. The van der Waals surface area contributed by atoms with E-state index in [1.807, 2.05) is 18.2 Å². The number of carbonyl (C=O) groups is 3. The van der Waals surface area contributed by atoms with Gasteiger partial charge >= 0.3 is 0 Å². The van der Waals surface area contributed by atoms with Gasteiger partial charge in [0.1, 0.15) is 17.9 Å². The third-order valence-corrected chi connectivity index (χ3v) is 6.81. The summed E-state index contributed by atoms with van der Waals surface area (Å²) in [6, 6.07) is 5.57. The molecule has 154 valence electrons. The molecule has 0 bridgehead atoms. The Morgan fingerprint density at radius 2 is 1.83 bits per heavy atom. The summed E-state index contributed by atoms with van der Waals surface area (Å²) < 4.78 is 6.38. The highest BCUT2D eigenvalue weighted by Gasteiger charge is 2.39. The molecule has 0 spiro atoms. The van der Waals surface area contributed by atoms with Crippen molar-refractivity contribution in [1.82, 2.24) is 15.1 Å². The Morgan fingerprint density at radius 3 is 2.62 bits per heavy atom. The van der Waals surface area contributed by atoms with Crippen molar-refractivity contribution in [3.8, 4) is 5.75 Å². The van der Waals surface area contributed by atoms with Crippen molar-refractivity contribution in [1.29, 1.82) is 0 Å². The molecule has 3 fully saturated rings. The van der Waals surface area contributed by atoms with Crippen molar-refractivity contribution in [2.24, 2.45) is 0 Å². The van der Waals surface area contributed by atoms with Crippen LogP contribution in [0.4, 0.5) is 0 Å². The number of piperidine rings is 1. The topological polar surface area (TPSA) is 79.0 Å². The number of nitrogens with one attached hydrogen (secondary N) is 1. The van der Waals surface area contributed by atoms with Crippen molar-refractivity contribution in [3.63, 3.8) is 0 Å². The van der Waals surface area contributed by atoms with E-state index in [0.29, 0.717) is 24.6 Å². The van der Waals surface area contributed by atoms with Gasteiger partial charge in [0.25, 0.3) is 5.91 Å². The van der Waals surface area contributed by atoms with Gasteiger partial charge in [-0.3, -0.25) is 24.6 Å². The first-order chi connectivity index (χ1) is 14.1. The molecule has 1 N–H and O–H groups in total. The van der Waals surface area contributed by atoms with Crippen LogP contribution in [-0.4, -0.2) is 58.8 Å². The number of carbonyl (C=O) groups excluding carboxylic acids is 3. The van der Waals surface area contributed by atoms with Gasteiger partial charge in [-0.2, -0.15) is 0 Å². The van der Waals surface area contributed by atoms with Crippen molar-refractivity contribution >= 4 is 17.7 Å². The normalized spacial score (nSPS) is 30.0. The van der Waals surface area contributed by atoms with Gasteiger partial charge in [0.15, 0.2) is 0 Å². The molecule has 1 saturated carbocycles. The van der Waals surface area contributed by atoms with E-state index in [-0.39, 0.29) is 30.2 Å². The molecule has 3 aliphatic heterocycles. The van der Waals surface area contributed by atoms with Crippen LogP contribution in [0, 0.1) is 0 Å². The standard InChI is InChI=1S/C22H27N3O4/c26-20-9-8-18(21(27)23-20)25-13-14-12-15(6-7-16(14)22(25)28)29-19-5-3-4-17(19)24-10-1-2-11-24/h6-7,12,17-19H,1-5,8-11,13H2,(H,23,26,27)/t17?,18?,19-/m1/s1. The second kappa shape index (κ2) is 7.44. The van der Waals surface area contributed by atoms with E-state index in [4.69, 9.17) is 4.74 Å². The maximum absolute atomic E-state index is 12.8. The van der Waals surface area contributed by atoms with Crippen molar-refractivity contribution < 1.29 is 19.1 Å². The van der Waals surface area contributed by atoms with Gasteiger partial charge in [-0.1, -0.05) is 0 Å². The molecule has 0 aromatic heterocycles. The molecule has 3 amide bonds. The number of fused-ring (bicyclic) bond motifs is 1. The smallest absolute Gasteiger partial charge is 0.255 e. The Bertz CT molecular complexity index is 848. The Hall–Kier alpha value is -2.41. The zero-order valence-electron chi connectivity index (χ0n) is 16.6. The summed E-state index contributed by atoms with van der Waals surface area (Å²) in [7, 11) is 0. The summed E-state index contributed by atoms with van der Waals surface area (Å²) in [6.07, 6.45) is 6.86. The van der Waals surface area contributed by atoms with Crippen LogP contribution < -0.4 is 10.1 Å². The number of ether oxygens (including phenoxy) is 1. The maximum Gasteiger partial charge on any atom is 0.255 e. The number of rotatable bonds is 4. The number of amides is 3. The van der Waals surface area contributed by atoms with Crippen LogP contribution in [0.1, 0.15) is 60.9 Å². The molecule has 1 aromatic rings. The van der Waals surface area contributed by atoms with Gasteiger partial charge in [0.05, 0.1) is 0 Å². The lowest BCUT2D eigenvalue weighted by molar-refractivity contribution is -0.136. The lowest BCUT2D eigenvalue weighted by Crippen LogP contribution is -2.52. The van der Waals surface area contributed by atoms with E-state index in [1.54, 1.807) is 4.90 Å². The summed E-state index contributed by atoms with van der Waals surface area (Å²) in [6.45, 7) is 2.73. The highest BCUT2D eigenvalue weighted by molar-refractivity contribution is 6.05. The Balaban J connectivity index is 1.30. The quantitative estimate of drug-likeness (QED) is 0.785. The summed E-state index contributed by atoms with van der Waals surface area (Å²) in [5.41, 5.74) is 1.53. The zero-order valence-corrected chi connectivity index (χ0v) is 16.6. The molecule has 5 rings (SSSR count). The minimum Gasteiger partial charge on any atom is -0.489 e. The number of hydrogen-bond donors (Lipinski definition) is 1. The average molecular weight is 397 g/mol. The van der Waals surface area contributed by atoms with E-state index in [0.717, 1.165) is 17.7 Å². The second-order valence-corrected chi connectivity index (χ2v) is 8.62. The lowest BCUT2D eigenvalue weighted by Gasteiger charge is -2.29. The predicted molar refractivity (Wildman–Crippen MR) is 105 cm³/mol. The zero-order chi connectivity index (χ0) is 20.0. The molecule has 1 aromatic carbocycles. The van der Waals surface area contributed by atoms with Gasteiger partial charge in [-0.15, -0.1) is 0 Å². The van der Waals surface area contributed by atoms with Crippen LogP contribution in [0.2, 0.25) is 0 Å². The summed E-state index contributed by atoms with van der Waals surface area (Å²) in [5, 5.41) is 2.34. The number of likely N-dealkylation sites (tertiary alicyclic amines) is 1. The summed E-state index contributed by atoms with van der Waals surface area (Å²) >= 11 is 0. The average Bonchev–Trinajstić information content (AvgIpc) is 3.43. The molecular weight excluding hydrogens is 370 g/mol. The number of hydrogen-bond acceptors (Lipinski definition) is 5. The molecule has 3 heterocycles. The first kappa shape index (κ1) is 18.6. The van der Waals surface area contributed by atoms with E-state index in [2.05, 4.69) is 10.2 Å². The summed E-state index contributed by atoms with van der Waals surface area (Å²) in [4.78, 5) is 40.6. The van der Waals surface area contributed by atoms with Gasteiger partial charge in [0.2, 0.25) is 11.8 Å².